The molecule has 6 heteroatoms. The maximum absolute atomic E-state index is 11.9. The molecular weight excluding hydrogens is 269 g/mol. The van der Waals surface area contributed by atoms with Crippen LogP contribution in [0.25, 0.3) is 0 Å². The molecule has 0 bridgehead atoms. The minimum absolute atomic E-state index is 0.0717. The van der Waals surface area contributed by atoms with Crippen molar-refractivity contribution in [1.29, 1.82) is 0 Å². The van der Waals surface area contributed by atoms with Crippen molar-refractivity contribution in [3.63, 3.8) is 0 Å². The summed E-state index contributed by atoms with van der Waals surface area (Å²) in [5.74, 6) is -0.419. The third-order valence-electron chi connectivity index (χ3n) is 2.79. The van der Waals surface area contributed by atoms with E-state index < -0.39 is 18.6 Å². The summed E-state index contributed by atoms with van der Waals surface area (Å²) < 4.78 is 35.8. The van der Waals surface area contributed by atoms with Gasteiger partial charge >= 0.3 is 6.18 Å². The number of halogens is 3. The van der Waals surface area contributed by atoms with Crippen molar-refractivity contribution in [3.8, 4) is 0 Å². The lowest BCUT2D eigenvalue weighted by Gasteiger charge is -2.17. The molecule has 1 rings (SSSR count). The van der Waals surface area contributed by atoms with Gasteiger partial charge in [0.25, 0.3) is 0 Å². The predicted molar refractivity (Wildman–Crippen MR) is 71.3 cm³/mol. The van der Waals surface area contributed by atoms with Gasteiger partial charge in [0.05, 0.1) is 13.1 Å². The third kappa shape index (κ3) is 7.13. The molecule has 1 aromatic rings. The van der Waals surface area contributed by atoms with Crippen LogP contribution in [0.15, 0.2) is 30.3 Å². The van der Waals surface area contributed by atoms with Crippen molar-refractivity contribution in [3.05, 3.63) is 35.9 Å². The van der Waals surface area contributed by atoms with Gasteiger partial charge in [0.15, 0.2) is 0 Å². The Morgan fingerprint density at radius 3 is 2.45 bits per heavy atom. The number of hydrogen-bond donors (Lipinski definition) is 2. The number of carbonyl (C=O) groups excluding carboxylic acids is 1. The van der Waals surface area contributed by atoms with E-state index in [0.29, 0.717) is 6.42 Å². The van der Waals surface area contributed by atoms with Crippen molar-refractivity contribution >= 4 is 5.91 Å². The molecule has 0 spiro atoms. The highest BCUT2D eigenvalue weighted by Crippen LogP contribution is 2.11. The Morgan fingerprint density at radius 1 is 1.25 bits per heavy atom. The van der Waals surface area contributed by atoms with E-state index in [1.54, 1.807) is 0 Å². The van der Waals surface area contributed by atoms with Gasteiger partial charge < -0.3 is 10.6 Å². The second-order valence-corrected chi connectivity index (χ2v) is 4.58. The standard InChI is InChI=1S/C14H19F3N2O/c1-2-12(8-11-6-4-3-5-7-11)19-13(20)9-18-10-14(15,16)17/h3-7,12,18H,2,8-10H2,1H3,(H,19,20)/t12-/m1/s1. The molecule has 20 heavy (non-hydrogen) atoms. The Morgan fingerprint density at radius 2 is 1.90 bits per heavy atom. The highest BCUT2D eigenvalue weighted by Gasteiger charge is 2.26. The smallest absolute Gasteiger partial charge is 0.352 e. The largest absolute Gasteiger partial charge is 0.401 e. The summed E-state index contributed by atoms with van der Waals surface area (Å²) in [5.41, 5.74) is 1.09. The maximum atomic E-state index is 11.9. The summed E-state index contributed by atoms with van der Waals surface area (Å²) in [4.78, 5) is 11.5. The Kier molecular flexibility index (Phi) is 6.51. The first-order valence-corrected chi connectivity index (χ1v) is 6.51. The lowest BCUT2D eigenvalue weighted by atomic mass is 10.0. The van der Waals surface area contributed by atoms with Crippen LogP contribution in [0, 0.1) is 0 Å². The first kappa shape index (κ1) is 16.5. The first-order chi connectivity index (χ1) is 9.40. The molecule has 0 saturated heterocycles. The lowest BCUT2D eigenvalue weighted by Crippen LogP contribution is -2.43. The summed E-state index contributed by atoms with van der Waals surface area (Å²) in [6.45, 7) is 0.442. The summed E-state index contributed by atoms with van der Waals surface area (Å²) in [6, 6.07) is 9.57. The van der Waals surface area contributed by atoms with E-state index in [2.05, 4.69) is 10.6 Å². The molecule has 1 amide bonds. The van der Waals surface area contributed by atoms with Gasteiger partial charge in [-0.15, -0.1) is 0 Å². The first-order valence-electron chi connectivity index (χ1n) is 6.51. The molecule has 0 aromatic heterocycles. The summed E-state index contributed by atoms with van der Waals surface area (Å²) >= 11 is 0. The van der Waals surface area contributed by atoms with Gasteiger partial charge in [-0.3, -0.25) is 4.79 Å². The Bertz CT molecular complexity index is 407. The average molecular weight is 288 g/mol. The van der Waals surface area contributed by atoms with Gasteiger partial charge in [-0.1, -0.05) is 37.3 Å². The topological polar surface area (TPSA) is 41.1 Å². The second-order valence-electron chi connectivity index (χ2n) is 4.58. The van der Waals surface area contributed by atoms with Crippen molar-refractivity contribution in [2.45, 2.75) is 32.0 Å². The third-order valence-corrected chi connectivity index (χ3v) is 2.79. The normalized spacial score (nSPS) is 13.0. The molecule has 0 heterocycles. The van der Waals surface area contributed by atoms with Crippen LogP contribution in [0.1, 0.15) is 18.9 Å². The van der Waals surface area contributed by atoms with Gasteiger partial charge in [0.1, 0.15) is 0 Å². The highest BCUT2D eigenvalue weighted by atomic mass is 19.4. The monoisotopic (exact) mass is 288 g/mol. The van der Waals surface area contributed by atoms with Crippen LogP contribution in [0.5, 0.6) is 0 Å². The molecule has 0 aliphatic heterocycles. The van der Waals surface area contributed by atoms with Crippen molar-refractivity contribution in [2.75, 3.05) is 13.1 Å². The fourth-order valence-electron chi connectivity index (χ4n) is 1.79. The number of alkyl halides is 3. The quantitative estimate of drug-likeness (QED) is 0.808. The molecule has 112 valence electrons. The average Bonchev–Trinajstić information content (AvgIpc) is 2.37. The Labute approximate surface area is 116 Å². The van der Waals surface area contributed by atoms with Gasteiger partial charge in [-0.05, 0) is 18.4 Å². The van der Waals surface area contributed by atoms with Crippen LogP contribution in [0.3, 0.4) is 0 Å². The number of nitrogens with one attached hydrogen (secondary N) is 2. The van der Waals surface area contributed by atoms with Gasteiger partial charge in [0, 0.05) is 6.04 Å². The highest BCUT2D eigenvalue weighted by molar-refractivity contribution is 5.78. The van der Waals surface area contributed by atoms with Crippen LogP contribution in [-0.4, -0.2) is 31.2 Å². The summed E-state index contributed by atoms with van der Waals surface area (Å²) in [6.07, 6.45) is -2.91. The van der Waals surface area contributed by atoms with Crippen LogP contribution >= 0.6 is 0 Å². The zero-order valence-corrected chi connectivity index (χ0v) is 11.3. The van der Waals surface area contributed by atoms with Crippen LogP contribution in [0.2, 0.25) is 0 Å². The van der Waals surface area contributed by atoms with E-state index >= 15 is 0 Å². The number of benzene rings is 1. The fourth-order valence-corrected chi connectivity index (χ4v) is 1.79. The zero-order chi connectivity index (χ0) is 15.0. The van der Waals surface area contributed by atoms with E-state index in [0.717, 1.165) is 12.0 Å². The molecule has 0 fully saturated rings. The fraction of sp³-hybridized carbons (Fsp3) is 0.500. The molecule has 0 saturated carbocycles. The van der Waals surface area contributed by atoms with Crippen LogP contribution in [0.4, 0.5) is 13.2 Å². The second kappa shape index (κ2) is 7.89. The summed E-state index contributed by atoms with van der Waals surface area (Å²) in [7, 11) is 0. The van der Waals surface area contributed by atoms with Gasteiger partial charge in [-0.2, -0.15) is 13.2 Å². The van der Waals surface area contributed by atoms with Crippen molar-refractivity contribution < 1.29 is 18.0 Å². The molecule has 0 aliphatic carbocycles. The number of amides is 1. The lowest BCUT2D eigenvalue weighted by molar-refractivity contribution is -0.128. The van der Waals surface area contributed by atoms with Crippen LogP contribution in [-0.2, 0) is 11.2 Å². The SMILES string of the molecule is CC[C@H](Cc1ccccc1)NC(=O)CNCC(F)(F)F. The molecule has 2 N–H and O–H groups in total. The molecule has 0 unspecified atom stereocenters. The Hall–Kier alpha value is -1.56. The zero-order valence-electron chi connectivity index (χ0n) is 11.3. The minimum atomic E-state index is -4.30. The molecule has 1 aromatic carbocycles. The molecular formula is C14H19F3N2O. The van der Waals surface area contributed by atoms with Gasteiger partial charge in [0.2, 0.25) is 5.91 Å². The van der Waals surface area contributed by atoms with E-state index in [-0.39, 0.29) is 12.6 Å². The molecule has 3 nitrogen and oxygen atoms in total. The number of rotatable bonds is 7. The van der Waals surface area contributed by atoms with Gasteiger partial charge in [-0.25, -0.2) is 0 Å². The van der Waals surface area contributed by atoms with E-state index in [1.807, 2.05) is 37.3 Å². The molecule has 0 radical (unpaired) electrons. The van der Waals surface area contributed by atoms with Crippen molar-refractivity contribution in [1.82, 2.24) is 10.6 Å². The Balaban J connectivity index is 2.34. The van der Waals surface area contributed by atoms with E-state index in [1.165, 1.54) is 0 Å². The number of carbonyl (C=O) groups is 1. The van der Waals surface area contributed by atoms with Crippen molar-refractivity contribution in [2.24, 2.45) is 0 Å². The maximum Gasteiger partial charge on any atom is 0.401 e. The van der Waals surface area contributed by atoms with Crippen LogP contribution < -0.4 is 10.6 Å². The summed E-state index contributed by atoms with van der Waals surface area (Å²) in [5, 5.41) is 4.81. The minimum Gasteiger partial charge on any atom is -0.352 e. The predicted octanol–water partition coefficient (Wildman–Crippen LogP) is 2.28. The molecule has 0 aliphatic rings. The van der Waals surface area contributed by atoms with E-state index in [9.17, 15) is 18.0 Å². The van der Waals surface area contributed by atoms with E-state index in [4.69, 9.17) is 0 Å². The number of hydrogen-bond acceptors (Lipinski definition) is 2. The molecule has 1 atom stereocenters.